The van der Waals surface area contributed by atoms with Gasteiger partial charge in [0.2, 0.25) is 0 Å². The van der Waals surface area contributed by atoms with E-state index in [0.29, 0.717) is 5.82 Å². The Morgan fingerprint density at radius 3 is 2.05 bits per heavy atom. The quantitative estimate of drug-likeness (QED) is 0.307. The fourth-order valence-corrected chi connectivity index (χ4v) is 3.50. The lowest BCUT2D eigenvalue weighted by Crippen LogP contribution is -2.49. The summed E-state index contributed by atoms with van der Waals surface area (Å²) in [5.41, 5.74) is 0. The third-order valence-electron chi connectivity index (χ3n) is 4.43. The van der Waals surface area contributed by atoms with Gasteiger partial charge in [-0.3, -0.25) is 0 Å². The summed E-state index contributed by atoms with van der Waals surface area (Å²) in [5.74, 6) is 7.36. The number of hydrogen-bond donors (Lipinski definition) is 0. The molecular weight excluding hydrogens is 271 g/mol. The molecule has 22 heavy (non-hydrogen) atoms. The van der Waals surface area contributed by atoms with Gasteiger partial charge in [0.15, 0.2) is 0 Å². The smallest absolute Gasteiger partial charge is 0.317 e. The summed E-state index contributed by atoms with van der Waals surface area (Å²) in [6, 6.07) is 0. The highest BCUT2D eigenvalue weighted by atomic mass is 16.6. The summed E-state index contributed by atoms with van der Waals surface area (Å²) >= 11 is 0. The van der Waals surface area contributed by atoms with Crippen LogP contribution >= 0.6 is 0 Å². The maximum absolute atomic E-state index is 6.33. The van der Waals surface area contributed by atoms with Gasteiger partial charge in [0.25, 0.3) is 0 Å². The summed E-state index contributed by atoms with van der Waals surface area (Å²) in [7, 11) is 0. The van der Waals surface area contributed by atoms with E-state index >= 15 is 0 Å². The molecule has 0 aromatic heterocycles. The summed E-state index contributed by atoms with van der Waals surface area (Å²) in [5, 5.41) is 0. The van der Waals surface area contributed by atoms with Crippen molar-refractivity contribution in [2.24, 2.45) is 0 Å². The molecule has 0 unspecified atom stereocenters. The molecule has 0 amide bonds. The summed E-state index contributed by atoms with van der Waals surface area (Å²) < 4.78 is 12.7. The number of hydrogen-bond acceptors (Lipinski definition) is 2. The van der Waals surface area contributed by atoms with Crippen molar-refractivity contribution in [3.05, 3.63) is 0 Å². The zero-order valence-corrected chi connectivity index (χ0v) is 15.5. The Morgan fingerprint density at radius 2 is 1.55 bits per heavy atom. The third kappa shape index (κ3) is 6.76. The fourth-order valence-electron chi connectivity index (χ4n) is 3.50. The Balaban J connectivity index is 2.79. The van der Waals surface area contributed by atoms with Gasteiger partial charge in [-0.2, -0.15) is 0 Å². The second-order valence-electron chi connectivity index (χ2n) is 7.32. The molecule has 0 aromatic rings. The Morgan fingerprint density at radius 1 is 0.955 bits per heavy atom. The van der Waals surface area contributed by atoms with E-state index in [9.17, 15) is 0 Å². The van der Waals surface area contributed by atoms with Gasteiger partial charge in [0, 0.05) is 18.6 Å². The van der Waals surface area contributed by atoms with Gasteiger partial charge in [-0.1, -0.05) is 51.9 Å². The second-order valence-corrected chi connectivity index (χ2v) is 7.32. The molecule has 0 saturated heterocycles. The SMILES string of the molecule is CCCCCCC#C[B-](OC(C)C)(OC(C)C)C1CCCC1. The van der Waals surface area contributed by atoms with Crippen LogP contribution in [0.2, 0.25) is 5.82 Å². The zero-order valence-electron chi connectivity index (χ0n) is 15.5. The molecule has 3 heteroatoms. The van der Waals surface area contributed by atoms with Crippen molar-refractivity contribution in [1.29, 1.82) is 0 Å². The maximum atomic E-state index is 6.33. The molecule has 0 heterocycles. The van der Waals surface area contributed by atoms with Crippen molar-refractivity contribution < 1.29 is 9.31 Å². The first-order valence-corrected chi connectivity index (χ1v) is 9.50. The van der Waals surface area contributed by atoms with Gasteiger partial charge in [0.05, 0.1) is 0 Å². The Labute approximate surface area is 138 Å². The van der Waals surface area contributed by atoms with Gasteiger partial charge < -0.3 is 9.31 Å². The van der Waals surface area contributed by atoms with Crippen molar-refractivity contribution in [2.75, 3.05) is 0 Å². The summed E-state index contributed by atoms with van der Waals surface area (Å²) in [6.07, 6.45) is 11.3. The van der Waals surface area contributed by atoms with E-state index < -0.39 is 6.55 Å². The highest BCUT2D eigenvalue weighted by Gasteiger charge is 2.37. The van der Waals surface area contributed by atoms with E-state index in [1.807, 2.05) is 0 Å². The van der Waals surface area contributed by atoms with Gasteiger partial charge in [-0.25, -0.2) is 5.82 Å². The monoisotopic (exact) mass is 307 g/mol. The fraction of sp³-hybridized carbons (Fsp3) is 0.895. The van der Waals surface area contributed by atoms with Gasteiger partial charge in [-0.15, -0.1) is 11.7 Å². The van der Waals surface area contributed by atoms with Crippen molar-refractivity contribution in [3.8, 4) is 11.7 Å². The standard InChI is InChI=1S/C19H36BO2/c1-6-7-8-9-10-13-16-20(21-17(2)3,22-18(4)5)19-14-11-12-15-19/h17-19H,6-12,14-15H2,1-5H3/q-1. The topological polar surface area (TPSA) is 18.5 Å². The second kappa shape index (κ2) is 10.3. The Hall–Kier alpha value is -0.455. The Kier molecular flexibility index (Phi) is 9.21. The van der Waals surface area contributed by atoms with E-state index in [2.05, 4.69) is 46.4 Å². The number of rotatable bonds is 9. The van der Waals surface area contributed by atoms with Gasteiger partial charge in [-0.05, 0) is 34.1 Å². The molecule has 0 bridgehead atoms. The average Bonchev–Trinajstić information content (AvgIpc) is 2.95. The normalized spacial score (nSPS) is 16.3. The molecule has 0 radical (unpaired) electrons. The lowest BCUT2D eigenvalue weighted by Gasteiger charge is -2.45. The van der Waals surface area contributed by atoms with E-state index in [-0.39, 0.29) is 12.2 Å². The van der Waals surface area contributed by atoms with Gasteiger partial charge >= 0.3 is 6.55 Å². The number of unbranched alkanes of at least 4 members (excludes halogenated alkanes) is 4. The van der Waals surface area contributed by atoms with Crippen LogP contribution in [-0.2, 0) is 9.31 Å². The summed E-state index contributed by atoms with van der Waals surface area (Å²) in [6.45, 7) is 9.16. The predicted molar refractivity (Wildman–Crippen MR) is 96.9 cm³/mol. The van der Waals surface area contributed by atoms with Crippen molar-refractivity contribution >= 4 is 6.55 Å². The molecule has 0 atom stereocenters. The minimum absolute atomic E-state index is 0.161. The molecule has 0 aromatic carbocycles. The molecule has 0 N–H and O–H groups in total. The van der Waals surface area contributed by atoms with E-state index in [4.69, 9.17) is 9.31 Å². The van der Waals surface area contributed by atoms with Gasteiger partial charge in [0.1, 0.15) is 0 Å². The Bertz CT molecular complexity index is 338. The van der Waals surface area contributed by atoms with Crippen LogP contribution in [0.3, 0.4) is 0 Å². The van der Waals surface area contributed by atoms with Crippen LogP contribution in [0.1, 0.15) is 92.4 Å². The van der Waals surface area contributed by atoms with Crippen LogP contribution in [-0.4, -0.2) is 18.8 Å². The molecule has 1 rings (SSSR count). The average molecular weight is 307 g/mol. The van der Waals surface area contributed by atoms with Crippen molar-refractivity contribution in [3.63, 3.8) is 0 Å². The molecule has 1 fully saturated rings. The van der Waals surface area contributed by atoms with Crippen LogP contribution in [0.25, 0.3) is 0 Å². The van der Waals surface area contributed by atoms with E-state index in [1.165, 1.54) is 51.4 Å². The highest BCUT2D eigenvalue weighted by molar-refractivity contribution is 6.77. The third-order valence-corrected chi connectivity index (χ3v) is 4.43. The minimum Gasteiger partial charge on any atom is -0.556 e. The molecular formula is C19H36BO2-. The molecule has 2 nitrogen and oxygen atoms in total. The maximum Gasteiger partial charge on any atom is 0.317 e. The lowest BCUT2D eigenvalue weighted by molar-refractivity contribution is 0.108. The van der Waals surface area contributed by atoms with Crippen LogP contribution < -0.4 is 0 Å². The molecule has 0 spiro atoms. The minimum atomic E-state index is -1.47. The first-order valence-electron chi connectivity index (χ1n) is 9.50. The molecule has 1 aliphatic carbocycles. The molecule has 1 saturated carbocycles. The van der Waals surface area contributed by atoms with Crippen molar-refractivity contribution in [1.82, 2.24) is 0 Å². The predicted octanol–water partition coefficient (Wildman–Crippen LogP) is 5.74. The highest BCUT2D eigenvalue weighted by Crippen LogP contribution is 2.40. The molecule has 0 aliphatic heterocycles. The zero-order chi connectivity index (χ0) is 16.4. The van der Waals surface area contributed by atoms with Crippen LogP contribution in [0, 0.1) is 11.7 Å². The van der Waals surface area contributed by atoms with Crippen LogP contribution in [0.15, 0.2) is 0 Å². The lowest BCUT2D eigenvalue weighted by atomic mass is 9.46. The van der Waals surface area contributed by atoms with E-state index in [1.54, 1.807) is 0 Å². The first-order chi connectivity index (χ1) is 10.5. The van der Waals surface area contributed by atoms with Crippen molar-refractivity contribution in [2.45, 2.75) is 110 Å². The summed E-state index contributed by atoms with van der Waals surface area (Å²) in [4.78, 5) is 0. The van der Waals surface area contributed by atoms with E-state index in [0.717, 1.165) is 6.42 Å². The van der Waals surface area contributed by atoms with Crippen LogP contribution in [0.4, 0.5) is 0 Å². The largest absolute Gasteiger partial charge is 0.556 e. The van der Waals surface area contributed by atoms with Crippen LogP contribution in [0.5, 0.6) is 0 Å². The molecule has 1 aliphatic rings. The first kappa shape index (κ1) is 19.6. The molecule has 128 valence electrons.